The Morgan fingerprint density at radius 1 is 1.38 bits per heavy atom. The Morgan fingerprint density at radius 3 is 2.54 bits per heavy atom. The van der Waals surface area contributed by atoms with Crippen molar-refractivity contribution in [2.75, 3.05) is 0 Å². The molecule has 1 aromatic carbocycles. The molecule has 66 valence electrons. The molecule has 13 heavy (non-hydrogen) atoms. The highest BCUT2D eigenvalue weighted by Crippen LogP contribution is 2.16. The van der Waals surface area contributed by atoms with Gasteiger partial charge in [-0.2, -0.15) is 13.7 Å². The van der Waals surface area contributed by atoms with Crippen molar-refractivity contribution in [2.45, 2.75) is 4.90 Å². The molecule has 0 saturated heterocycles. The highest BCUT2D eigenvalue weighted by molar-refractivity contribution is 7.86. The van der Waals surface area contributed by atoms with Crippen molar-refractivity contribution in [1.29, 1.82) is 5.26 Å². The molecule has 0 aliphatic carbocycles. The van der Waals surface area contributed by atoms with Crippen LogP contribution in [-0.2, 0) is 14.3 Å². The maximum absolute atomic E-state index is 11.1. The molecule has 0 N–H and O–H groups in total. The number of nitriles is 1. The predicted octanol–water partition coefficient (Wildman–Crippen LogP) is 0.932. The zero-order valence-corrected chi connectivity index (χ0v) is 7.28. The van der Waals surface area contributed by atoms with Crippen LogP contribution < -0.4 is 0 Å². The summed E-state index contributed by atoms with van der Waals surface area (Å²) in [5.74, 6) is 0. The van der Waals surface area contributed by atoms with Crippen LogP contribution in [-0.4, -0.2) is 8.42 Å². The highest BCUT2D eigenvalue weighted by Gasteiger charge is 2.16. The molecule has 0 saturated carbocycles. The lowest BCUT2D eigenvalue weighted by molar-refractivity contribution is 0.438. The zero-order valence-electron chi connectivity index (χ0n) is 6.47. The van der Waals surface area contributed by atoms with Crippen molar-refractivity contribution in [2.24, 2.45) is 0 Å². The first-order chi connectivity index (χ1) is 6.11. The van der Waals surface area contributed by atoms with Crippen molar-refractivity contribution >= 4 is 10.1 Å². The third kappa shape index (κ3) is 1.86. The molecule has 0 aliphatic rings. The molecule has 0 amide bonds. The second-order valence-corrected chi connectivity index (χ2v) is 3.70. The van der Waals surface area contributed by atoms with Gasteiger partial charge in [-0.3, -0.25) is 4.18 Å². The Kier molecular flexibility index (Phi) is 2.66. The lowest BCUT2D eigenvalue weighted by Crippen LogP contribution is -2.03. The normalized spacial score (nSPS) is 10.8. The van der Waals surface area contributed by atoms with E-state index in [0.717, 1.165) is 0 Å². The summed E-state index contributed by atoms with van der Waals surface area (Å²) in [6.45, 7) is 0. The van der Waals surface area contributed by atoms with E-state index in [0.29, 0.717) is 0 Å². The molecule has 0 heterocycles. The topological polar surface area (TPSA) is 67.2 Å². The summed E-state index contributed by atoms with van der Waals surface area (Å²) in [6, 6.07) is 7.37. The van der Waals surface area contributed by atoms with E-state index >= 15 is 0 Å². The highest BCUT2D eigenvalue weighted by atomic mass is 32.2. The molecule has 1 rings (SSSR count). The van der Waals surface area contributed by atoms with E-state index in [2.05, 4.69) is 11.3 Å². The average molecular weight is 195 g/mol. The maximum Gasteiger partial charge on any atom is 0.298 e. The lowest BCUT2D eigenvalue weighted by Gasteiger charge is -2.01. The van der Waals surface area contributed by atoms with Crippen LogP contribution in [0.15, 0.2) is 29.2 Å². The Balaban J connectivity index is 3.40. The molecule has 0 atom stereocenters. The van der Waals surface area contributed by atoms with Gasteiger partial charge in [-0.1, -0.05) is 12.1 Å². The van der Waals surface area contributed by atoms with Crippen LogP contribution >= 0.6 is 0 Å². The summed E-state index contributed by atoms with van der Waals surface area (Å²) >= 11 is 0. The number of benzene rings is 1. The molecule has 5 heteroatoms. The van der Waals surface area contributed by atoms with Gasteiger partial charge >= 0.3 is 0 Å². The van der Waals surface area contributed by atoms with E-state index in [1.807, 2.05) is 0 Å². The van der Waals surface area contributed by atoms with Gasteiger partial charge < -0.3 is 0 Å². The second-order valence-electron chi connectivity index (χ2n) is 2.16. The fourth-order valence-electron chi connectivity index (χ4n) is 0.829. The quantitative estimate of drug-likeness (QED) is 0.658. The lowest BCUT2D eigenvalue weighted by atomic mass is 10.2. The van der Waals surface area contributed by atoms with Crippen LogP contribution in [0.1, 0.15) is 5.56 Å². The number of hydrogen-bond acceptors (Lipinski definition) is 4. The van der Waals surface area contributed by atoms with Crippen LogP contribution in [0.25, 0.3) is 0 Å². The van der Waals surface area contributed by atoms with Gasteiger partial charge in [0.1, 0.15) is 18.1 Å². The first-order valence-corrected chi connectivity index (χ1v) is 4.65. The van der Waals surface area contributed by atoms with E-state index < -0.39 is 10.1 Å². The van der Waals surface area contributed by atoms with E-state index in [1.54, 1.807) is 12.1 Å². The van der Waals surface area contributed by atoms with E-state index in [9.17, 15) is 8.42 Å². The molecule has 2 radical (unpaired) electrons. The SMILES string of the molecule is [CH]OS(=O)(=O)c1ccccc1C#N. The maximum atomic E-state index is 11.1. The van der Waals surface area contributed by atoms with E-state index in [-0.39, 0.29) is 10.5 Å². The molecular weight excluding hydrogens is 190 g/mol. The third-order valence-electron chi connectivity index (χ3n) is 1.40. The van der Waals surface area contributed by atoms with Crippen molar-refractivity contribution in [1.82, 2.24) is 0 Å². The number of nitrogens with zero attached hydrogens (tertiary/aromatic N) is 1. The number of rotatable bonds is 2. The Bertz CT molecular complexity index is 445. The zero-order chi connectivity index (χ0) is 9.90. The molecule has 0 spiro atoms. The van der Waals surface area contributed by atoms with Gasteiger partial charge in [-0.25, -0.2) is 0 Å². The smallest absolute Gasteiger partial charge is 0.257 e. The second kappa shape index (κ2) is 3.56. The van der Waals surface area contributed by atoms with Crippen molar-refractivity contribution < 1.29 is 12.6 Å². The van der Waals surface area contributed by atoms with Gasteiger partial charge in [0.25, 0.3) is 10.1 Å². The molecule has 0 fully saturated rings. The summed E-state index contributed by atoms with van der Waals surface area (Å²) < 4.78 is 26.0. The summed E-state index contributed by atoms with van der Waals surface area (Å²) in [5, 5.41) is 8.57. The van der Waals surface area contributed by atoms with Gasteiger partial charge in [0, 0.05) is 0 Å². The minimum atomic E-state index is -3.99. The largest absolute Gasteiger partial charge is 0.298 e. The average Bonchev–Trinajstić information content (AvgIpc) is 2.18. The Morgan fingerprint density at radius 2 is 2.00 bits per heavy atom. The Hall–Kier alpha value is -1.38. The first-order valence-electron chi connectivity index (χ1n) is 3.24. The molecule has 1 aromatic rings. The van der Waals surface area contributed by atoms with Gasteiger partial charge in [-0.05, 0) is 12.1 Å². The summed E-state index contributed by atoms with van der Waals surface area (Å²) in [7, 11) is 0.579. The van der Waals surface area contributed by atoms with Crippen LogP contribution in [0.2, 0.25) is 0 Å². The van der Waals surface area contributed by atoms with Crippen molar-refractivity contribution in [3.63, 3.8) is 0 Å². The molecule has 0 bridgehead atoms. The molecule has 0 aromatic heterocycles. The monoisotopic (exact) mass is 195 g/mol. The minimum Gasteiger partial charge on any atom is -0.257 e. The van der Waals surface area contributed by atoms with Gasteiger partial charge in [0.05, 0.1) is 5.56 Å². The van der Waals surface area contributed by atoms with Crippen LogP contribution in [0.3, 0.4) is 0 Å². The van der Waals surface area contributed by atoms with Crippen molar-refractivity contribution in [3.8, 4) is 6.07 Å². The van der Waals surface area contributed by atoms with E-state index in [4.69, 9.17) is 5.26 Å². The fourth-order valence-corrected chi connectivity index (χ4v) is 1.56. The van der Waals surface area contributed by atoms with Crippen molar-refractivity contribution in [3.05, 3.63) is 36.9 Å². The fraction of sp³-hybridized carbons (Fsp3) is 0. The Labute approximate surface area is 76.5 Å². The molecule has 4 nitrogen and oxygen atoms in total. The first kappa shape index (κ1) is 9.71. The summed E-state index contributed by atoms with van der Waals surface area (Å²) in [5.41, 5.74) is 0.00736. The van der Waals surface area contributed by atoms with Crippen LogP contribution in [0.4, 0.5) is 0 Å². The standard InChI is InChI=1S/C8H5NO3S/c1-12-13(10,11)8-5-3-2-4-7(8)6-9/h1-5H. The predicted molar refractivity (Wildman–Crippen MR) is 43.7 cm³/mol. The van der Waals surface area contributed by atoms with Crippen LogP contribution in [0.5, 0.6) is 0 Å². The molecule has 0 unspecified atom stereocenters. The van der Waals surface area contributed by atoms with Gasteiger partial charge in [0.2, 0.25) is 0 Å². The minimum absolute atomic E-state index is 0.00736. The summed E-state index contributed by atoms with van der Waals surface area (Å²) in [4.78, 5) is -0.222. The van der Waals surface area contributed by atoms with E-state index in [1.165, 1.54) is 18.2 Å². The molecule has 0 aliphatic heterocycles. The number of hydrogen-bond donors (Lipinski definition) is 0. The summed E-state index contributed by atoms with van der Waals surface area (Å²) in [6.07, 6.45) is 0. The van der Waals surface area contributed by atoms with Gasteiger partial charge in [-0.15, -0.1) is 0 Å². The van der Waals surface area contributed by atoms with Gasteiger partial charge in [0.15, 0.2) is 0 Å². The molecular formula is C8H5NO3S. The third-order valence-corrected chi connectivity index (χ3v) is 2.55. The van der Waals surface area contributed by atoms with Crippen LogP contribution in [0, 0.1) is 18.4 Å².